The molecule has 0 aliphatic rings. The highest BCUT2D eigenvalue weighted by molar-refractivity contribution is 5.98. The summed E-state index contributed by atoms with van der Waals surface area (Å²) in [5.74, 6) is -0.939. The lowest BCUT2D eigenvalue weighted by Gasteiger charge is -2.21. The summed E-state index contributed by atoms with van der Waals surface area (Å²) in [7, 11) is 1.64. The Morgan fingerprint density at radius 1 is 1.16 bits per heavy atom. The van der Waals surface area contributed by atoms with Crippen molar-refractivity contribution in [3.63, 3.8) is 0 Å². The van der Waals surface area contributed by atoms with Gasteiger partial charge in [-0.2, -0.15) is 0 Å². The van der Waals surface area contributed by atoms with Gasteiger partial charge in [0, 0.05) is 24.0 Å². The highest BCUT2D eigenvalue weighted by Gasteiger charge is 2.26. The van der Waals surface area contributed by atoms with Crippen molar-refractivity contribution in [1.82, 2.24) is 4.98 Å². The van der Waals surface area contributed by atoms with Crippen LogP contribution in [0.15, 0.2) is 30.3 Å². The number of carbonyl (C=O) groups is 2. The standard InChI is InChI=1S/C19H24N2O4/c1-11-16(13(3)22)12(2)20-17(11)19(24)25-14(4)18(23)21(5)15-9-7-6-8-10-15/h6-10,13-14,20,22H,1-5H3/t13-,14-/m0/s1. The number of para-hydroxylation sites is 1. The van der Waals surface area contributed by atoms with E-state index in [9.17, 15) is 14.7 Å². The van der Waals surface area contributed by atoms with E-state index in [2.05, 4.69) is 4.98 Å². The molecule has 0 saturated carbocycles. The maximum Gasteiger partial charge on any atom is 0.355 e. The van der Waals surface area contributed by atoms with Crippen LogP contribution in [0.2, 0.25) is 0 Å². The molecule has 1 aromatic carbocycles. The highest BCUT2D eigenvalue weighted by Crippen LogP contribution is 2.25. The molecule has 25 heavy (non-hydrogen) atoms. The third kappa shape index (κ3) is 3.91. The van der Waals surface area contributed by atoms with Crippen molar-refractivity contribution in [2.45, 2.75) is 39.9 Å². The van der Waals surface area contributed by atoms with E-state index in [0.29, 0.717) is 16.8 Å². The van der Waals surface area contributed by atoms with Gasteiger partial charge in [0.1, 0.15) is 5.69 Å². The van der Waals surface area contributed by atoms with E-state index in [1.807, 2.05) is 18.2 Å². The molecule has 2 aromatic rings. The Labute approximate surface area is 147 Å². The van der Waals surface area contributed by atoms with E-state index in [0.717, 1.165) is 5.69 Å². The lowest BCUT2D eigenvalue weighted by atomic mass is 10.1. The first-order chi connectivity index (χ1) is 11.7. The number of ether oxygens (including phenoxy) is 1. The van der Waals surface area contributed by atoms with Crippen LogP contribution in [0.25, 0.3) is 0 Å². The topological polar surface area (TPSA) is 82.6 Å². The summed E-state index contributed by atoms with van der Waals surface area (Å²) in [5, 5.41) is 9.82. The second-order valence-electron chi connectivity index (χ2n) is 6.12. The SMILES string of the molecule is Cc1[nH]c(C(=O)O[C@@H](C)C(=O)N(C)c2ccccc2)c(C)c1[C@H](C)O. The molecule has 0 aliphatic carbocycles. The smallest absolute Gasteiger partial charge is 0.355 e. The number of aryl methyl sites for hydroxylation is 1. The van der Waals surface area contributed by atoms with Crippen molar-refractivity contribution in [3.8, 4) is 0 Å². The molecule has 1 amide bonds. The lowest BCUT2D eigenvalue weighted by molar-refractivity contribution is -0.126. The number of anilines is 1. The number of esters is 1. The van der Waals surface area contributed by atoms with Crippen molar-refractivity contribution in [2.24, 2.45) is 0 Å². The highest BCUT2D eigenvalue weighted by atomic mass is 16.5. The van der Waals surface area contributed by atoms with Crippen LogP contribution in [-0.2, 0) is 9.53 Å². The number of aliphatic hydroxyl groups excluding tert-OH is 1. The minimum absolute atomic E-state index is 0.260. The number of aromatic nitrogens is 1. The minimum atomic E-state index is -0.935. The van der Waals surface area contributed by atoms with Gasteiger partial charge in [0.15, 0.2) is 6.10 Å². The lowest BCUT2D eigenvalue weighted by Crippen LogP contribution is -2.37. The Hall–Kier alpha value is -2.60. The van der Waals surface area contributed by atoms with Crippen LogP contribution >= 0.6 is 0 Å². The van der Waals surface area contributed by atoms with Crippen LogP contribution in [-0.4, -0.2) is 35.1 Å². The van der Waals surface area contributed by atoms with Gasteiger partial charge in [-0.3, -0.25) is 4.79 Å². The van der Waals surface area contributed by atoms with Crippen LogP contribution in [0.5, 0.6) is 0 Å². The third-order valence-electron chi connectivity index (χ3n) is 4.22. The number of hydrogen-bond donors (Lipinski definition) is 2. The number of nitrogens with one attached hydrogen (secondary N) is 1. The first-order valence-electron chi connectivity index (χ1n) is 8.14. The molecule has 0 fully saturated rings. The largest absolute Gasteiger partial charge is 0.448 e. The fraction of sp³-hybridized carbons (Fsp3) is 0.368. The molecule has 0 radical (unpaired) electrons. The number of rotatable bonds is 5. The van der Waals surface area contributed by atoms with Crippen molar-refractivity contribution in [1.29, 1.82) is 0 Å². The average molecular weight is 344 g/mol. The summed E-state index contributed by atoms with van der Waals surface area (Å²) < 4.78 is 5.33. The fourth-order valence-corrected chi connectivity index (χ4v) is 2.92. The molecule has 2 N–H and O–H groups in total. The van der Waals surface area contributed by atoms with Gasteiger partial charge in [0.05, 0.1) is 6.10 Å². The molecular weight excluding hydrogens is 320 g/mol. The van der Waals surface area contributed by atoms with Crippen LogP contribution in [0.3, 0.4) is 0 Å². The van der Waals surface area contributed by atoms with Crippen molar-refractivity contribution < 1.29 is 19.4 Å². The normalized spacial score (nSPS) is 13.2. The molecule has 1 aromatic heterocycles. The van der Waals surface area contributed by atoms with Gasteiger partial charge in [-0.25, -0.2) is 4.79 Å². The summed E-state index contributed by atoms with van der Waals surface area (Å²) in [4.78, 5) is 29.3. The molecule has 0 spiro atoms. The van der Waals surface area contributed by atoms with E-state index in [1.165, 1.54) is 4.90 Å². The Morgan fingerprint density at radius 2 is 1.76 bits per heavy atom. The van der Waals surface area contributed by atoms with E-state index < -0.39 is 18.2 Å². The van der Waals surface area contributed by atoms with Crippen LogP contribution in [0.1, 0.15) is 47.3 Å². The quantitative estimate of drug-likeness (QED) is 0.817. The second kappa shape index (κ2) is 7.53. The monoisotopic (exact) mass is 344 g/mol. The Kier molecular flexibility index (Phi) is 5.64. The first-order valence-corrected chi connectivity index (χ1v) is 8.14. The molecular formula is C19H24N2O4. The molecule has 6 heteroatoms. The Balaban J connectivity index is 2.12. The van der Waals surface area contributed by atoms with Gasteiger partial charge < -0.3 is 19.7 Å². The predicted molar refractivity (Wildman–Crippen MR) is 95.6 cm³/mol. The van der Waals surface area contributed by atoms with Crippen LogP contribution < -0.4 is 4.90 Å². The number of H-pyrrole nitrogens is 1. The van der Waals surface area contributed by atoms with Gasteiger partial charge in [0.2, 0.25) is 0 Å². The molecule has 134 valence electrons. The minimum Gasteiger partial charge on any atom is -0.448 e. The first kappa shape index (κ1) is 18.7. The molecule has 1 heterocycles. The fourth-order valence-electron chi connectivity index (χ4n) is 2.92. The Morgan fingerprint density at radius 3 is 2.28 bits per heavy atom. The number of aromatic amines is 1. The van der Waals surface area contributed by atoms with Gasteiger partial charge in [-0.05, 0) is 45.4 Å². The van der Waals surface area contributed by atoms with Crippen LogP contribution in [0.4, 0.5) is 5.69 Å². The second-order valence-corrected chi connectivity index (χ2v) is 6.12. The summed E-state index contributed by atoms with van der Waals surface area (Å²) in [6.07, 6.45) is -1.63. The van der Waals surface area contributed by atoms with Gasteiger partial charge in [-0.15, -0.1) is 0 Å². The predicted octanol–water partition coefficient (Wildman–Crippen LogP) is 2.89. The third-order valence-corrected chi connectivity index (χ3v) is 4.22. The van der Waals surface area contributed by atoms with Gasteiger partial charge >= 0.3 is 5.97 Å². The zero-order chi connectivity index (χ0) is 18.7. The maximum atomic E-state index is 12.5. The maximum absolute atomic E-state index is 12.5. The van der Waals surface area contributed by atoms with E-state index in [-0.39, 0.29) is 11.6 Å². The molecule has 2 rings (SSSR count). The zero-order valence-corrected chi connectivity index (χ0v) is 15.2. The number of nitrogens with zero attached hydrogens (tertiary/aromatic N) is 1. The molecule has 0 saturated heterocycles. The molecule has 0 unspecified atom stereocenters. The molecule has 0 bridgehead atoms. The zero-order valence-electron chi connectivity index (χ0n) is 15.2. The average Bonchev–Trinajstić information content (AvgIpc) is 2.88. The molecule has 2 atom stereocenters. The van der Waals surface area contributed by atoms with Crippen LogP contribution in [0, 0.1) is 13.8 Å². The molecule has 0 aliphatic heterocycles. The summed E-state index contributed by atoms with van der Waals surface area (Å²) in [6, 6.07) is 9.14. The van der Waals surface area contributed by atoms with Crippen molar-refractivity contribution in [2.75, 3.05) is 11.9 Å². The Bertz CT molecular complexity index is 765. The number of benzene rings is 1. The van der Waals surface area contributed by atoms with Crippen molar-refractivity contribution in [3.05, 3.63) is 52.8 Å². The number of aliphatic hydroxyl groups is 1. The van der Waals surface area contributed by atoms with Gasteiger partial charge in [0.25, 0.3) is 5.91 Å². The summed E-state index contributed by atoms with van der Waals surface area (Å²) >= 11 is 0. The number of likely N-dealkylation sites (N-methyl/N-ethyl adjacent to an activating group) is 1. The summed E-state index contributed by atoms with van der Waals surface area (Å²) in [6.45, 7) is 6.70. The van der Waals surface area contributed by atoms with Crippen molar-refractivity contribution >= 4 is 17.6 Å². The van der Waals surface area contributed by atoms with E-state index >= 15 is 0 Å². The number of hydrogen-bond acceptors (Lipinski definition) is 4. The number of amides is 1. The number of carbonyl (C=O) groups excluding carboxylic acids is 2. The van der Waals surface area contributed by atoms with E-state index in [1.54, 1.807) is 46.9 Å². The van der Waals surface area contributed by atoms with Gasteiger partial charge in [-0.1, -0.05) is 18.2 Å². The molecule has 6 nitrogen and oxygen atoms in total. The summed E-state index contributed by atoms with van der Waals surface area (Å²) in [5.41, 5.74) is 3.00. The van der Waals surface area contributed by atoms with E-state index in [4.69, 9.17) is 4.74 Å².